The van der Waals surface area contributed by atoms with E-state index in [2.05, 4.69) is 25.4 Å². The van der Waals surface area contributed by atoms with E-state index in [-0.39, 0.29) is 28.5 Å². The number of alkyl halides is 3. The van der Waals surface area contributed by atoms with Crippen LogP contribution >= 0.6 is 0 Å². The third-order valence-corrected chi connectivity index (χ3v) is 5.71. The second kappa shape index (κ2) is 8.08. The number of amides is 1. The lowest BCUT2D eigenvalue weighted by Gasteiger charge is -2.16. The maximum absolute atomic E-state index is 13.6. The lowest BCUT2D eigenvalue weighted by molar-refractivity contribution is -0.137. The first-order chi connectivity index (χ1) is 16.7. The van der Waals surface area contributed by atoms with Crippen molar-refractivity contribution < 1.29 is 18.0 Å². The molecule has 1 aliphatic rings. The third kappa shape index (κ3) is 4.03. The Morgan fingerprint density at radius 2 is 2.06 bits per heavy atom. The van der Waals surface area contributed by atoms with Gasteiger partial charge >= 0.3 is 11.9 Å². The van der Waals surface area contributed by atoms with E-state index < -0.39 is 29.4 Å². The Labute approximate surface area is 195 Å². The van der Waals surface area contributed by atoms with Crippen LogP contribution in [0.3, 0.4) is 0 Å². The Hall–Kier alpha value is -4.47. The second-order valence-corrected chi connectivity index (χ2v) is 8.19. The van der Waals surface area contributed by atoms with Crippen LogP contribution in [0.15, 0.2) is 41.6 Å². The Morgan fingerprint density at radius 1 is 1.29 bits per heavy atom. The largest absolute Gasteiger partial charge is 0.416 e. The summed E-state index contributed by atoms with van der Waals surface area (Å²) in [4.78, 5) is 36.4. The fraction of sp³-hybridized carbons (Fsp3) is 0.273. The number of nitriles is 1. The molecule has 1 saturated carbocycles. The predicted molar refractivity (Wildman–Crippen MR) is 116 cm³/mol. The number of nitrogens with one attached hydrogen (secondary N) is 2. The number of benzene rings is 1. The van der Waals surface area contributed by atoms with Crippen LogP contribution in [0, 0.1) is 11.3 Å². The normalized spacial score (nSPS) is 14.6. The number of aromatic amines is 1. The number of aromatic nitrogens is 6. The first-order valence-corrected chi connectivity index (χ1v) is 10.6. The highest BCUT2D eigenvalue weighted by Crippen LogP contribution is 2.38. The fourth-order valence-corrected chi connectivity index (χ4v) is 3.90. The van der Waals surface area contributed by atoms with Crippen LogP contribution in [0.4, 0.5) is 13.2 Å². The van der Waals surface area contributed by atoms with E-state index in [0.717, 1.165) is 12.1 Å². The van der Waals surface area contributed by atoms with E-state index in [1.165, 1.54) is 27.8 Å². The predicted octanol–water partition coefficient (Wildman–Crippen LogP) is 3.02. The zero-order chi connectivity index (χ0) is 24.9. The lowest BCUT2D eigenvalue weighted by atomic mass is 10.1. The molecule has 3 heterocycles. The van der Waals surface area contributed by atoms with Crippen LogP contribution in [0.2, 0.25) is 0 Å². The maximum atomic E-state index is 13.6. The molecular weight excluding hydrogens is 465 g/mol. The molecule has 0 saturated heterocycles. The molecule has 0 unspecified atom stereocenters. The maximum Gasteiger partial charge on any atom is 0.416 e. The number of carbonyl (C=O) groups excluding carboxylic acids is 1. The van der Waals surface area contributed by atoms with Crippen molar-refractivity contribution in [3.8, 4) is 11.9 Å². The van der Waals surface area contributed by atoms with Crippen LogP contribution in [0.25, 0.3) is 16.9 Å². The minimum absolute atomic E-state index is 0.0369. The number of halogens is 3. The Morgan fingerprint density at radius 3 is 2.69 bits per heavy atom. The van der Waals surface area contributed by atoms with Gasteiger partial charge in [-0.2, -0.15) is 28.2 Å². The highest BCUT2D eigenvalue weighted by molar-refractivity contribution is 6.05. The number of fused-ring (bicyclic) bond motifs is 1. The molecule has 2 N–H and O–H groups in total. The monoisotopic (exact) mass is 482 g/mol. The van der Waals surface area contributed by atoms with E-state index in [1.807, 2.05) is 6.07 Å². The number of nitrogens with zero attached hydrogens (tertiary/aromatic N) is 6. The standard InChI is InChI=1S/C22H17F3N8O2/c1-11(19-28-10-29-33(19)17-5-2-12(8-26)9-27-17)30-20(34)15-6-13(22(23,24)25)7-16-18(15)31-21(35)32(16)14-3-4-14/h2,5-7,9-11,14H,3-4H2,1H3,(H,30,34)(H,31,35)/t11-/m0/s1. The molecule has 0 radical (unpaired) electrons. The summed E-state index contributed by atoms with van der Waals surface area (Å²) >= 11 is 0. The van der Waals surface area contributed by atoms with Crippen molar-refractivity contribution in [3.63, 3.8) is 0 Å². The van der Waals surface area contributed by atoms with Gasteiger partial charge in [-0.1, -0.05) is 0 Å². The van der Waals surface area contributed by atoms with E-state index in [0.29, 0.717) is 24.2 Å². The Balaban J connectivity index is 1.51. The molecule has 0 bridgehead atoms. The molecule has 4 aromatic rings. The van der Waals surface area contributed by atoms with Crippen LogP contribution in [0.5, 0.6) is 0 Å². The average molecular weight is 482 g/mol. The van der Waals surface area contributed by atoms with Gasteiger partial charge in [0.15, 0.2) is 11.6 Å². The topological polar surface area (TPSA) is 134 Å². The van der Waals surface area contributed by atoms with Crippen molar-refractivity contribution in [3.05, 3.63) is 69.8 Å². The van der Waals surface area contributed by atoms with E-state index in [4.69, 9.17) is 5.26 Å². The highest BCUT2D eigenvalue weighted by Gasteiger charge is 2.35. The minimum Gasteiger partial charge on any atom is -0.342 e. The van der Waals surface area contributed by atoms with Crippen molar-refractivity contribution >= 4 is 16.9 Å². The number of pyridine rings is 1. The molecule has 10 nitrogen and oxygen atoms in total. The molecule has 35 heavy (non-hydrogen) atoms. The average Bonchev–Trinajstić information content (AvgIpc) is 3.41. The molecule has 1 aliphatic carbocycles. The van der Waals surface area contributed by atoms with Crippen LogP contribution in [-0.4, -0.2) is 35.2 Å². The van der Waals surface area contributed by atoms with Crippen molar-refractivity contribution in [2.45, 2.75) is 38.0 Å². The van der Waals surface area contributed by atoms with Gasteiger partial charge in [-0.3, -0.25) is 9.36 Å². The van der Waals surface area contributed by atoms with Crippen LogP contribution < -0.4 is 11.0 Å². The molecule has 1 fully saturated rings. The fourth-order valence-electron chi connectivity index (χ4n) is 3.90. The SMILES string of the molecule is C[C@H](NC(=O)c1cc(C(F)(F)F)cc2c1[nH]c(=O)n2C1CC1)c1ncnn1-c1ccc(C#N)cn1. The van der Waals surface area contributed by atoms with E-state index in [1.54, 1.807) is 13.0 Å². The highest BCUT2D eigenvalue weighted by atomic mass is 19.4. The molecule has 1 aromatic carbocycles. The number of H-pyrrole nitrogens is 1. The summed E-state index contributed by atoms with van der Waals surface area (Å²) in [5, 5.41) is 15.7. The quantitative estimate of drug-likeness (QED) is 0.449. The summed E-state index contributed by atoms with van der Waals surface area (Å²) in [5.74, 6) is -0.215. The van der Waals surface area contributed by atoms with Gasteiger partial charge in [0.05, 0.1) is 33.8 Å². The lowest BCUT2D eigenvalue weighted by Crippen LogP contribution is -2.29. The van der Waals surface area contributed by atoms with Gasteiger partial charge in [0, 0.05) is 12.2 Å². The van der Waals surface area contributed by atoms with Crippen molar-refractivity contribution in [1.29, 1.82) is 5.26 Å². The summed E-state index contributed by atoms with van der Waals surface area (Å²) in [7, 11) is 0. The number of carbonyl (C=O) groups is 1. The molecular formula is C22H17F3N8O2. The molecule has 5 rings (SSSR count). The van der Waals surface area contributed by atoms with Gasteiger partial charge in [0.1, 0.15) is 12.4 Å². The van der Waals surface area contributed by atoms with Gasteiger partial charge in [-0.05, 0) is 44.0 Å². The summed E-state index contributed by atoms with van der Waals surface area (Å²) in [6.45, 7) is 1.59. The molecule has 13 heteroatoms. The Kier molecular flexibility index (Phi) is 5.16. The van der Waals surface area contributed by atoms with E-state index in [9.17, 15) is 22.8 Å². The van der Waals surface area contributed by atoms with Gasteiger partial charge < -0.3 is 10.3 Å². The summed E-state index contributed by atoms with van der Waals surface area (Å²) in [5.41, 5.74) is -1.47. The zero-order valence-electron chi connectivity index (χ0n) is 18.2. The first-order valence-electron chi connectivity index (χ1n) is 10.6. The number of hydrogen-bond acceptors (Lipinski definition) is 6. The second-order valence-electron chi connectivity index (χ2n) is 8.19. The smallest absolute Gasteiger partial charge is 0.342 e. The van der Waals surface area contributed by atoms with Crippen molar-refractivity contribution in [1.82, 2.24) is 34.6 Å². The summed E-state index contributed by atoms with van der Waals surface area (Å²) in [6.07, 6.45) is -0.753. The molecule has 0 spiro atoms. The third-order valence-electron chi connectivity index (χ3n) is 5.71. The molecule has 1 atom stereocenters. The minimum atomic E-state index is -4.71. The number of rotatable bonds is 5. The molecule has 3 aromatic heterocycles. The van der Waals surface area contributed by atoms with E-state index >= 15 is 0 Å². The van der Waals surface area contributed by atoms with Crippen molar-refractivity contribution in [2.24, 2.45) is 0 Å². The van der Waals surface area contributed by atoms with Gasteiger partial charge in [0.25, 0.3) is 5.91 Å². The molecule has 178 valence electrons. The van der Waals surface area contributed by atoms with Gasteiger partial charge in [-0.25, -0.2) is 14.8 Å². The molecule has 0 aliphatic heterocycles. The molecule has 1 amide bonds. The number of hydrogen-bond donors (Lipinski definition) is 2. The van der Waals surface area contributed by atoms with Gasteiger partial charge in [0.2, 0.25) is 0 Å². The van der Waals surface area contributed by atoms with Gasteiger partial charge in [-0.15, -0.1) is 0 Å². The Bertz CT molecular complexity index is 1540. The summed E-state index contributed by atoms with van der Waals surface area (Å²) in [6, 6.07) is 5.68. The zero-order valence-corrected chi connectivity index (χ0v) is 18.2. The first kappa shape index (κ1) is 22.3. The van der Waals surface area contributed by atoms with Crippen LogP contribution in [-0.2, 0) is 6.18 Å². The van der Waals surface area contributed by atoms with Crippen molar-refractivity contribution in [2.75, 3.05) is 0 Å². The summed E-state index contributed by atoms with van der Waals surface area (Å²) < 4.78 is 43.5. The van der Waals surface area contributed by atoms with Crippen LogP contribution in [0.1, 0.15) is 59.2 Å². The number of imidazole rings is 1.